The smallest absolute Gasteiger partial charge is 0.362 e. The number of nitrogens with zero attached hydrogens (tertiary/aromatic N) is 1. The molecule has 1 aromatic rings. The molecule has 0 saturated heterocycles. The Labute approximate surface area is 74.1 Å². The van der Waals surface area contributed by atoms with E-state index in [1.54, 1.807) is 0 Å². The van der Waals surface area contributed by atoms with Crippen LogP contribution in [0, 0.1) is 4.91 Å². The summed E-state index contributed by atoms with van der Waals surface area (Å²) in [5, 5.41) is 2.55. The summed E-state index contributed by atoms with van der Waals surface area (Å²) in [6.07, 6.45) is 0. The van der Waals surface area contributed by atoms with Crippen LogP contribution in [0.2, 0.25) is 0 Å². The standard InChI is InChI=1S/C6H5NO5S/c8-7-5-2-1-3-6(4-5)12-13(9,10)11/h1-4H,(H,9,10,11). The lowest BCUT2D eigenvalue weighted by atomic mass is 10.3. The zero-order chi connectivity index (χ0) is 9.90. The van der Waals surface area contributed by atoms with E-state index in [4.69, 9.17) is 4.55 Å². The van der Waals surface area contributed by atoms with Gasteiger partial charge < -0.3 is 4.18 Å². The van der Waals surface area contributed by atoms with Crippen LogP contribution in [0.4, 0.5) is 5.69 Å². The van der Waals surface area contributed by atoms with E-state index in [9.17, 15) is 13.3 Å². The summed E-state index contributed by atoms with van der Waals surface area (Å²) in [6.45, 7) is 0. The molecule has 0 fully saturated rings. The number of nitroso groups, excluding NO2 is 1. The highest BCUT2D eigenvalue weighted by Crippen LogP contribution is 2.20. The lowest BCUT2D eigenvalue weighted by molar-refractivity contribution is 0.387. The van der Waals surface area contributed by atoms with E-state index < -0.39 is 10.4 Å². The molecule has 1 N–H and O–H groups in total. The number of benzene rings is 1. The predicted octanol–water partition coefficient (Wildman–Crippen LogP) is 1.27. The Morgan fingerprint density at radius 1 is 1.38 bits per heavy atom. The number of hydrogen-bond donors (Lipinski definition) is 1. The van der Waals surface area contributed by atoms with Crippen LogP contribution in [0.1, 0.15) is 0 Å². The van der Waals surface area contributed by atoms with Crippen LogP contribution in [0.25, 0.3) is 0 Å². The van der Waals surface area contributed by atoms with E-state index >= 15 is 0 Å². The third-order valence-electron chi connectivity index (χ3n) is 1.12. The van der Waals surface area contributed by atoms with Gasteiger partial charge in [-0.25, -0.2) is 0 Å². The van der Waals surface area contributed by atoms with Crippen LogP contribution >= 0.6 is 0 Å². The van der Waals surface area contributed by atoms with Gasteiger partial charge in [-0.2, -0.15) is 8.42 Å². The Bertz CT molecular complexity index is 413. The van der Waals surface area contributed by atoms with E-state index in [1.807, 2.05) is 0 Å². The molecule has 0 atom stereocenters. The zero-order valence-electron chi connectivity index (χ0n) is 6.25. The van der Waals surface area contributed by atoms with E-state index in [2.05, 4.69) is 9.36 Å². The third-order valence-corrected chi connectivity index (χ3v) is 1.53. The van der Waals surface area contributed by atoms with Crippen LogP contribution in [-0.4, -0.2) is 13.0 Å². The minimum atomic E-state index is -4.55. The molecule has 0 saturated carbocycles. The highest BCUT2D eigenvalue weighted by atomic mass is 32.3. The van der Waals surface area contributed by atoms with Crippen LogP contribution in [-0.2, 0) is 10.4 Å². The molecule has 0 amide bonds. The molecule has 0 radical (unpaired) electrons. The summed E-state index contributed by atoms with van der Waals surface area (Å²) in [4.78, 5) is 10.0. The van der Waals surface area contributed by atoms with Gasteiger partial charge in [0, 0.05) is 6.07 Å². The van der Waals surface area contributed by atoms with Gasteiger partial charge in [0.1, 0.15) is 11.4 Å². The molecule has 0 aliphatic carbocycles. The zero-order valence-corrected chi connectivity index (χ0v) is 7.06. The lowest BCUT2D eigenvalue weighted by Gasteiger charge is -1.99. The van der Waals surface area contributed by atoms with Gasteiger partial charge in [0.15, 0.2) is 0 Å². The van der Waals surface area contributed by atoms with Crippen molar-refractivity contribution in [2.75, 3.05) is 0 Å². The van der Waals surface area contributed by atoms with Gasteiger partial charge in [-0.1, -0.05) is 6.07 Å². The van der Waals surface area contributed by atoms with Crippen LogP contribution in [0.5, 0.6) is 5.75 Å². The Balaban J connectivity index is 2.96. The monoisotopic (exact) mass is 203 g/mol. The molecule has 0 unspecified atom stereocenters. The molecule has 0 aromatic heterocycles. The van der Waals surface area contributed by atoms with Crippen molar-refractivity contribution in [1.82, 2.24) is 0 Å². The summed E-state index contributed by atoms with van der Waals surface area (Å²) < 4.78 is 32.8. The second-order valence-electron chi connectivity index (χ2n) is 2.10. The van der Waals surface area contributed by atoms with Crippen molar-refractivity contribution in [1.29, 1.82) is 0 Å². The molecule has 0 heterocycles. The minimum absolute atomic E-state index is 0.0150. The third kappa shape index (κ3) is 3.18. The second-order valence-corrected chi connectivity index (χ2v) is 3.12. The summed E-state index contributed by atoms with van der Waals surface area (Å²) in [7, 11) is -4.55. The van der Waals surface area contributed by atoms with Crippen LogP contribution in [0.15, 0.2) is 29.4 Å². The fraction of sp³-hybridized carbons (Fsp3) is 0. The Hall–Kier alpha value is -1.47. The van der Waals surface area contributed by atoms with Gasteiger partial charge in [-0.15, -0.1) is 4.91 Å². The highest BCUT2D eigenvalue weighted by molar-refractivity contribution is 7.81. The second kappa shape index (κ2) is 3.50. The molecule has 0 spiro atoms. The topological polar surface area (TPSA) is 93.0 Å². The molecule has 7 heteroatoms. The molecule has 6 nitrogen and oxygen atoms in total. The Kier molecular flexibility index (Phi) is 2.59. The van der Waals surface area contributed by atoms with Gasteiger partial charge in [0.05, 0.1) is 0 Å². The summed E-state index contributed by atoms with van der Waals surface area (Å²) >= 11 is 0. The van der Waals surface area contributed by atoms with Crippen molar-refractivity contribution in [3.05, 3.63) is 29.2 Å². The first-order valence-electron chi connectivity index (χ1n) is 3.11. The molecular formula is C6H5NO5S. The predicted molar refractivity (Wildman–Crippen MR) is 44.1 cm³/mol. The Morgan fingerprint density at radius 2 is 2.08 bits per heavy atom. The minimum Gasteiger partial charge on any atom is -0.362 e. The molecule has 70 valence electrons. The first-order valence-corrected chi connectivity index (χ1v) is 4.48. The van der Waals surface area contributed by atoms with E-state index in [0.717, 1.165) is 6.07 Å². The van der Waals surface area contributed by atoms with Crippen molar-refractivity contribution in [2.45, 2.75) is 0 Å². The highest BCUT2D eigenvalue weighted by Gasteiger charge is 2.06. The lowest BCUT2D eigenvalue weighted by Crippen LogP contribution is -2.06. The Morgan fingerprint density at radius 3 is 2.62 bits per heavy atom. The van der Waals surface area contributed by atoms with E-state index in [-0.39, 0.29) is 11.4 Å². The first-order chi connectivity index (χ1) is 6.01. The maximum Gasteiger partial charge on any atom is 0.446 e. The molecule has 0 aliphatic rings. The summed E-state index contributed by atoms with van der Waals surface area (Å²) in [5.41, 5.74) is 0.0150. The van der Waals surface area contributed by atoms with Gasteiger partial charge in [0.25, 0.3) is 0 Å². The molecule has 0 aliphatic heterocycles. The fourth-order valence-corrected chi connectivity index (χ4v) is 1.06. The van der Waals surface area contributed by atoms with Crippen molar-refractivity contribution in [2.24, 2.45) is 5.18 Å². The largest absolute Gasteiger partial charge is 0.446 e. The maximum absolute atomic E-state index is 10.2. The van der Waals surface area contributed by atoms with E-state index in [0.29, 0.717) is 0 Å². The average Bonchev–Trinajstić information content (AvgIpc) is 2.01. The van der Waals surface area contributed by atoms with E-state index in [1.165, 1.54) is 18.2 Å². The van der Waals surface area contributed by atoms with Gasteiger partial charge in [-0.3, -0.25) is 4.55 Å². The average molecular weight is 203 g/mol. The maximum atomic E-state index is 10.2. The van der Waals surface area contributed by atoms with Crippen LogP contribution in [0.3, 0.4) is 0 Å². The quantitative estimate of drug-likeness (QED) is 0.589. The van der Waals surface area contributed by atoms with Crippen molar-refractivity contribution < 1.29 is 17.2 Å². The molecule has 1 rings (SSSR count). The fourth-order valence-electron chi connectivity index (χ4n) is 0.714. The SMILES string of the molecule is O=Nc1cccc(OS(=O)(=O)O)c1. The van der Waals surface area contributed by atoms with Crippen molar-refractivity contribution >= 4 is 16.1 Å². The van der Waals surface area contributed by atoms with Gasteiger partial charge in [-0.05, 0) is 17.3 Å². The number of rotatable bonds is 3. The molecule has 0 bridgehead atoms. The van der Waals surface area contributed by atoms with Crippen molar-refractivity contribution in [3.8, 4) is 5.75 Å². The summed E-state index contributed by atoms with van der Waals surface area (Å²) in [6, 6.07) is 5.09. The van der Waals surface area contributed by atoms with Crippen molar-refractivity contribution in [3.63, 3.8) is 0 Å². The van der Waals surface area contributed by atoms with Gasteiger partial charge in [0.2, 0.25) is 0 Å². The normalized spacial score (nSPS) is 10.8. The first kappa shape index (κ1) is 9.62. The van der Waals surface area contributed by atoms with Gasteiger partial charge >= 0.3 is 10.4 Å². The molecular weight excluding hydrogens is 198 g/mol. The number of hydrogen-bond acceptors (Lipinski definition) is 5. The molecule has 13 heavy (non-hydrogen) atoms. The molecule has 1 aromatic carbocycles. The van der Waals surface area contributed by atoms with Crippen LogP contribution < -0.4 is 4.18 Å². The summed E-state index contributed by atoms with van der Waals surface area (Å²) in [5.74, 6) is -0.167.